The van der Waals surface area contributed by atoms with Gasteiger partial charge in [-0.05, 0) is 42.8 Å². The van der Waals surface area contributed by atoms with Crippen molar-refractivity contribution in [2.45, 2.75) is 17.9 Å². The molecule has 0 heterocycles. The van der Waals surface area contributed by atoms with Gasteiger partial charge in [-0.2, -0.15) is 0 Å². The SMILES string of the molecule is CC(NS(=O)(=O)c1cc(N)ccc1Cl)c1cccc(Cl)c1. The highest BCUT2D eigenvalue weighted by Gasteiger charge is 2.21. The molecule has 1 unspecified atom stereocenters. The standard InChI is InChI=1S/C14H14Cl2N2O2S/c1-9(10-3-2-4-11(15)7-10)18-21(19,20)14-8-12(17)5-6-13(14)16/h2-9,18H,17H2,1H3. The number of benzene rings is 2. The Morgan fingerprint density at radius 3 is 2.52 bits per heavy atom. The first-order valence-corrected chi connectivity index (χ1v) is 8.36. The number of rotatable bonds is 4. The van der Waals surface area contributed by atoms with Crippen LogP contribution in [0.4, 0.5) is 5.69 Å². The number of halogens is 2. The van der Waals surface area contributed by atoms with E-state index in [2.05, 4.69) is 4.72 Å². The lowest BCUT2D eigenvalue weighted by molar-refractivity contribution is 0.567. The van der Waals surface area contributed by atoms with E-state index in [9.17, 15) is 8.42 Å². The van der Waals surface area contributed by atoms with E-state index < -0.39 is 16.1 Å². The predicted molar refractivity (Wildman–Crippen MR) is 86.1 cm³/mol. The Bertz CT molecular complexity index is 763. The van der Waals surface area contributed by atoms with E-state index in [4.69, 9.17) is 28.9 Å². The summed E-state index contributed by atoms with van der Waals surface area (Å²) in [6, 6.07) is 10.9. The normalized spacial score (nSPS) is 13.1. The summed E-state index contributed by atoms with van der Waals surface area (Å²) in [6.45, 7) is 1.73. The summed E-state index contributed by atoms with van der Waals surface area (Å²) >= 11 is 11.8. The third kappa shape index (κ3) is 3.89. The molecular weight excluding hydrogens is 331 g/mol. The predicted octanol–water partition coefficient (Wildman–Crippen LogP) is 3.62. The van der Waals surface area contributed by atoms with E-state index in [1.165, 1.54) is 12.1 Å². The van der Waals surface area contributed by atoms with Crippen LogP contribution in [0, 0.1) is 0 Å². The van der Waals surface area contributed by atoms with Gasteiger partial charge in [-0.25, -0.2) is 13.1 Å². The Morgan fingerprint density at radius 2 is 1.86 bits per heavy atom. The van der Waals surface area contributed by atoms with Crippen molar-refractivity contribution in [3.63, 3.8) is 0 Å². The Labute approximate surface area is 133 Å². The zero-order valence-electron chi connectivity index (χ0n) is 11.2. The molecule has 21 heavy (non-hydrogen) atoms. The molecule has 0 aliphatic carbocycles. The van der Waals surface area contributed by atoms with Gasteiger partial charge in [0.05, 0.1) is 5.02 Å². The second-order valence-electron chi connectivity index (χ2n) is 4.59. The van der Waals surface area contributed by atoms with E-state index in [0.29, 0.717) is 10.7 Å². The van der Waals surface area contributed by atoms with Gasteiger partial charge < -0.3 is 5.73 Å². The van der Waals surface area contributed by atoms with Gasteiger partial charge in [0, 0.05) is 16.8 Å². The molecule has 0 spiro atoms. The maximum Gasteiger partial charge on any atom is 0.242 e. The minimum Gasteiger partial charge on any atom is -0.399 e. The number of nitrogens with two attached hydrogens (primary N) is 1. The van der Waals surface area contributed by atoms with Crippen LogP contribution in [-0.2, 0) is 10.0 Å². The van der Waals surface area contributed by atoms with Crippen LogP contribution >= 0.6 is 23.2 Å². The van der Waals surface area contributed by atoms with Crippen molar-refractivity contribution < 1.29 is 8.42 Å². The summed E-state index contributed by atoms with van der Waals surface area (Å²) in [5, 5.41) is 0.663. The fourth-order valence-electron chi connectivity index (χ4n) is 1.87. The Kier molecular flexibility index (Phi) is 4.78. The molecule has 0 radical (unpaired) electrons. The average Bonchev–Trinajstić information content (AvgIpc) is 2.41. The quantitative estimate of drug-likeness (QED) is 0.832. The van der Waals surface area contributed by atoms with E-state index >= 15 is 0 Å². The Hall–Kier alpha value is -1.27. The molecule has 2 aromatic rings. The van der Waals surface area contributed by atoms with Gasteiger partial charge in [-0.1, -0.05) is 35.3 Å². The molecule has 0 aliphatic rings. The lowest BCUT2D eigenvalue weighted by atomic mass is 10.1. The topological polar surface area (TPSA) is 72.2 Å². The van der Waals surface area contributed by atoms with Crippen molar-refractivity contribution in [2.24, 2.45) is 0 Å². The van der Waals surface area contributed by atoms with Crippen LogP contribution in [0.3, 0.4) is 0 Å². The number of hydrogen-bond acceptors (Lipinski definition) is 3. The fraction of sp³-hybridized carbons (Fsp3) is 0.143. The number of nitrogens with one attached hydrogen (secondary N) is 1. The molecule has 0 saturated carbocycles. The van der Waals surface area contributed by atoms with E-state index in [-0.39, 0.29) is 9.92 Å². The summed E-state index contributed by atoms with van der Waals surface area (Å²) < 4.78 is 27.3. The lowest BCUT2D eigenvalue weighted by Crippen LogP contribution is -2.27. The van der Waals surface area contributed by atoms with Gasteiger partial charge in [0.2, 0.25) is 10.0 Å². The van der Waals surface area contributed by atoms with Crippen LogP contribution in [0.1, 0.15) is 18.5 Å². The van der Waals surface area contributed by atoms with E-state index in [0.717, 1.165) is 5.56 Å². The van der Waals surface area contributed by atoms with Crippen LogP contribution in [0.2, 0.25) is 10.0 Å². The first-order valence-electron chi connectivity index (χ1n) is 6.12. The number of sulfonamides is 1. The second kappa shape index (κ2) is 6.23. The number of hydrogen-bond donors (Lipinski definition) is 2. The fourth-order valence-corrected chi connectivity index (χ4v) is 3.83. The molecule has 0 saturated heterocycles. The molecule has 0 aromatic heterocycles. The molecule has 7 heteroatoms. The first kappa shape index (κ1) is 16.1. The van der Waals surface area contributed by atoms with Crippen LogP contribution in [0.25, 0.3) is 0 Å². The Balaban J connectivity index is 2.31. The van der Waals surface area contributed by atoms with Crippen LogP contribution in [-0.4, -0.2) is 8.42 Å². The van der Waals surface area contributed by atoms with Crippen LogP contribution in [0.5, 0.6) is 0 Å². The average molecular weight is 345 g/mol. The molecule has 2 aromatic carbocycles. The lowest BCUT2D eigenvalue weighted by Gasteiger charge is -2.16. The van der Waals surface area contributed by atoms with Crippen molar-refractivity contribution in [3.8, 4) is 0 Å². The summed E-state index contributed by atoms with van der Waals surface area (Å²) in [4.78, 5) is -0.0435. The van der Waals surface area contributed by atoms with Crippen molar-refractivity contribution in [1.82, 2.24) is 4.72 Å². The molecule has 1 atom stereocenters. The molecular formula is C14H14Cl2N2O2S. The van der Waals surface area contributed by atoms with Crippen molar-refractivity contribution in [2.75, 3.05) is 5.73 Å². The maximum absolute atomic E-state index is 12.4. The molecule has 0 fully saturated rings. The summed E-state index contributed by atoms with van der Waals surface area (Å²) in [6.07, 6.45) is 0. The van der Waals surface area contributed by atoms with Crippen molar-refractivity contribution >= 4 is 38.9 Å². The third-order valence-electron chi connectivity index (χ3n) is 2.93. The molecule has 0 aliphatic heterocycles. The highest BCUT2D eigenvalue weighted by Crippen LogP contribution is 2.26. The van der Waals surface area contributed by atoms with Crippen molar-refractivity contribution in [1.29, 1.82) is 0 Å². The monoisotopic (exact) mass is 344 g/mol. The highest BCUT2D eigenvalue weighted by molar-refractivity contribution is 7.89. The zero-order chi connectivity index (χ0) is 15.6. The zero-order valence-corrected chi connectivity index (χ0v) is 13.5. The van der Waals surface area contributed by atoms with Gasteiger partial charge >= 0.3 is 0 Å². The van der Waals surface area contributed by atoms with Crippen molar-refractivity contribution in [3.05, 3.63) is 58.1 Å². The molecule has 2 rings (SSSR count). The highest BCUT2D eigenvalue weighted by atomic mass is 35.5. The molecule has 3 N–H and O–H groups in total. The smallest absolute Gasteiger partial charge is 0.242 e. The summed E-state index contributed by atoms with van der Waals surface area (Å²) in [5.41, 5.74) is 6.70. The van der Waals surface area contributed by atoms with E-state index in [1.54, 1.807) is 37.3 Å². The number of anilines is 1. The van der Waals surface area contributed by atoms with E-state index in [1.807, 2.05) is 0 Å². The first-order chi connectivity index (χ1) is 9.79. The molecule has 0 amide bonds. The largest absolute Gasteiger partial charge is 0.399 e. The van der Waals surface area contributed by atoms with Crippen LogP contribution in [0.15, 0.2) is 47.4 Å². The summed E-state index contributed by atoms with van der Waals surface area (Å²) in [7, 11) is -3.78. The molecule has 112 valence electrons. The van der Waals surface area contributed by atoms with Crippen LogP contribution < -0.4 is 10.5 Å². The third-order valence-corrected chi connectivity index (χ3v) is 5.18. The number of nitrogen functional groups attached to an aromatic ring is 1. The van der Waals surface area contributed by atoms with Gasteiger partial charge in [0.15, 0.2) is 0 Å². The minimum absolute atomic E-state index is 0.0435. The molecule has 0 bridgehead atoms. The second-order valence-corrected chi connectivity index (χ2v) is 7.11. The summed E-state index contributed by atoms with van der Waals surface area (Å²) in [5.74, 6) is 0. The molecule has 4 nitrogen and oxygen atoms in total. The van der Waals surface area contributed by atoms with Gasteiger partial charge in [0.1, 0.15) is 4.90 Å². The van der Waals surface area contributed by atoms with Gasteiger partial charge in [0.25, 0.3) is 0 Å². The minimum atomic E-state index is -3.78. The van der Waals surface area contributed by atoms with Gasteiger partial charge in [-0.3, -0.25) is 0 Å². The van der Waals surface area contributed by atoms with Gasteiger partial charge in [-0.15, -0.1) is 0 Å². The Morgan fingerprint density at radius 1 is 1.14 bits per heavy atom. The maximum atomic E-state index is 12.4.